The van der Waals surface area contributed by atoms with Gasteiger partial charge in [0, 0.05) is 4.47 Å². The Kier molecular flexibility index (Phi) is 3.50. The minimum Gasteiger partial charge on any atom is -0.426 e. The van der Waals surface area contributed by atoms with E-state index >= 15 is 0 Å². The van der Waals surface area contributed by atoms with Crippen molar-refractivity contribution in [1.82, 2.24) is 10.2 Å². The lowest BCUT2D eigenvalue weighted by atomic mass is 10.3. The quantitative estimate of drug-likeness (QED) is 0.744. The Hall–Kier alpha value is -0.600. The number of halogens is 4. The van der Waals surface area contributed by atoms with Crippen LogP contribution in [0.15, 0.2) is 20.5 Å². The van der Waals surface area contributed by atoms with E-state index in [-0.39, 0.29) is 10.9 Å². The summed E-state index contributed by atoms with van der Waals surface area (Å²) in [6, 6.07) is 2.33. The molecule has 16 heavy (non-hydrogen) atoms. The highest BCUT2D eigenvalue weighted by Crippen LogP contribution is 2.32. The van der Waals surface area contributed by atoms with Gasteiger partial charge in [-0.1, -0.05) is 21.0 Å². The molecule has 0 aliphatic carbocycles. The van der Waals surface area contributed by atoms with Crippen LogP contribution < -0.4 is 4.74 Å². The number of aromatic nitrogens is 2. The molecule has 0 bridgehead atoms. The summed E-state index contributed by atoms with van der Waals surface area (Å²) in [5.74, 6) is -2.29. The summed E-state index contributed by atoms with van der Waals surface area (Å²) in [5, 5.41) is 7.35. The van der Waals surface area contributed by atoms with E-state index in [1.165, 1.54) is 6.07 Å². The number of hydrogen-bond donors (Lipinski definition) is 0. The standard InChI is InChI=1S/C8H2Br2F2N2OS/c9-3-1-4(11)6(12)5(2-3)15-8-14-13-7(10)16-8/h1-2H. The zero-order chi connectivity index (χ0) is 11.7. The second kappa shape index (κ2) is 4.72. The van der Waals surface area contributed by atoms with Crippen LogP contribution in [0.5, 0.6) is 10.9 Å². The summed E-state index contributed by atoms with van der Waals surface area (Å²) in [6.07, 6.45) is 0. The molecular weight excluding hydrogens is 370 g/mol. The Morgan fingerprint density at radius 3 is 2.56 bits per heavy atom. The van der Waals surface area contributed by atoms with Crippen LogP contribution in [0.25, 0.3) is 0 Å². The molecule has 1 aromatic heterocycles. The molecule has 2 rings (SSSR count). The lowest BCUT2D eigenvalue weighted by molar-refractivity contribution is 0.411. The Bertz CT molecular complexity index is 535. The van der Waals surface area contributed by atoms with Crippen LogP contribution in [-0.2, 0) is 0 Å². The van der Waals surface area contributed by atoms with Crippen molar-refractivity contribution in [3.63, 3.8) is 0 Å². The lowest BCUT2D eigenvalue weighted by Crippen LogP contribution is -1.92. The summed E-state index contributed by atoms with van der Waals surface area (Å²) in [4.78, 5) is 0. The third-order valence-electron chi connectivity index (χ3n) is 1.54. The van der Waals surface area contributed by atoms with Crippen molar-refractivity contribution < 1.29 is 13.5 Å². The SMILES string of the molecule is Fc1cc(Br)cc(Oc2nnc(Br)s2)c1F. The molecule has 0 fully saturated rings. The van der Waals surface area contributed by atoms with Crippen LogP contribution in [0.2, 0.25) is 0 Å². The molecule has 1 heterocycles. The Balaban J connectivity index is 2.34. The molecule has 0 saturated heterocycles. The summed E-state index contributed by atoms with van der Waals surface area (Å²) in [7, 11) is 0. The van der Waals surface area contributed by atoms with Gasteiger partial charge in [-0.2, -0.15) is 4.39 Å². The highest BCUT2D eigenvalue weighted by Gasteiger charge is 2.14. The van der Waals surface area contributed by atoms with Crippen LogP contribution in [0, 0.1) is 11.6 Å². The lowest BCUT2D eigenvalue weighted by Gasteiger charge is -2.03. The Morgan fingerprint density at radius 1 is 1.19 bits per heavy atom. The molecule has 0 radical (unpaired) electrons. The van der Waals surface area contributed by atoms with Gasteiger partial charge in [-0.3, -0.25) is 0 Å². The molecule has 2 aromatic rings. The Labute approximate surface area is 110 Å². The molecule has 84 valence electrons. The molecule has 1 aromatic carbocycles. The first-order valence-electron chi connectivity index (χ1n) is 3.87. The fourth-order valence-corrected chi connectivity index (χ4v) is 2.28. The van der Waals surface area contributed by atoms with Crippen molar-refractivity contribution in [2.75, 3.05) is 0 Å². The predicted octanol–water partition coefficient (Wildman–Crippen LogP) is 4.13. The minimum atomic E-state index is -1.06. The molecule has 0 N–H and O–H groups in total. The van der Waals surface area contributed by atoms with Crippen LogP contribution in [0.4, 0.5) is 8.78 Å². The van der Waals surface area contributed by atoms with Crippen LogP contribution in [0.3, 0.4) is 0 Å². The molecule has 3 nitrogen and oxygen atoms in total. The fourth-order valence-electron chi connectivity index (χ4n) is 0.935. The van der Waals surface area contributed by atoms with E-state index in [0.29, 0.717) is 8.39 Å². The summed E-state index contributed by atoms with van der Waals surface area (Å²) < 4.78 is 32.3. The van der Waals surface area contributed by atoms with Crippen molar-refractivity contribution in [2.45, 2.75) is 0 Å². The van der Waals surface area contributed by atoms with Crippen molar-refractivity contribution in [1.29, 1.82) is 0 Å². The van der Waals surface area contributed by atoms with E-state index in [0.717, 1.165) is 17.4 Å². The minimum absolute atomic E-state index is 0.128. The zero-order valence-corrected chi connectivity index (χ0v) is 11.4. The van der Waals surface area contributed by atoms with Gasteiger partial charge < -0.3 is 4.74 Å². The molecule has 0 saturated carbocycles. The first kappa shape index (κ1) is 11.9. The van der Waals surface area contributed by atoms with Crippen LogP contribution >= 0.6 is 43.2 Å². The first-order chi connectivity index (χ1) is 7.56. The molecule has 0 spiro atoms. The van der Waals surface area contributed by atoms with Crippen molar-refractivity contribution in [3.05, 3.63) is 32.2 Å². The molecule has 0 unspecified atom stereocenters. The topological polar surface area (TPSA) is 35.0 Å². The normalized spacial score (nSPS) is 10.5. The number of benzene rings is 1. The maximum Gasteiger partial charge on any atom is 0.300 e. The van der Waals surface area contributed by atoms with Crippen LogP contribution in [0.1, 0.15) is 0 Å². The second-order valence-electron chi connectivity index (χ2n) is 2.62. The molecule has 0 amide bonds. The van der Waals surface area contributed by atoms with E-state index in [9.17, 15) is 8.78 Å². The highest BCUT2D eigenvalue weighted by molar-refractivity contribution is 9.11. The average Bonchev–Trinajstić information content (AvgIpc) is 2.60. The molecular formula is C8H2Br2F2N2OS. The van der Waals surface area contributed by atoms with Gasteiger partial charge >= 0.3 is 0 Å². The smallest absolute Gasteiger partial charge is 0.300 e. The van der Waals surface area contributed by atoms with E-state index in [1.54, 1.807) is 0 Å². The van der Waals surface area contributed by atoms with Gasteiger partial charge in [0.15, 0.2) is 15.5 Å². The van der Waals surface area contributed by atoms with E-state index in [4.69, 9.17) is 4.74 Å². The van der Waals surface area contributed by atoms with Crippen molar-refractivity contribution >= 4 is 43.2 Å². The average molecular weight is 372 g/mol. The van der Waals surface area contributed by atoms with Gasteiger partial charge in [0.05, 0.1) is 0 Å². The predicted molar refractivity (Wildman–Crippen MR) is 61.7 cm³/mol. The molecule has 0 aliphatic heterocycles. The monoisotopic (exact) mass is 370 g/mol. The number of nitrogens with zero attached hydrogens (tertiary/aromatic N) is 2. The molecule has 0 atom stereocenters. The zero-order valence-electron chi connectivity index (χ0n) is 7.38. The van der Waals surface area contributed by atoms with Gasteiger partial charge in [-0.05, 0) is 39.4 Å². The Morgan fingerprint density at radius 2 is 1.94 bits per heavy atom. The van der Waals surface area contributed by atoms with Gasteiger partial charge in [0.1, 0.15) is 0 Å². The van der Waals surface area contributed by atoms with E-state index in [1.807, 2.05) is 0 Å². The third-order valence-corrected chi connectivity index (χ3v) is 3.23. The van der Waals surface area contributed by atoms with Crippen molar-refractivity contribution in [3.8, 4) is 10.9 Å². The third kappa shape index (κ3) is 2.55. The number of hydrogen-bond acceptors (Lipinski definition) is 4. The van der Waals surface area contributed by atoms with Gasteiger partial charge in [-0.25, -0.2) is 4.39 Å². The highest BCUT2D eigenvalue weighted by atomic mass is 79.9. The van der Waals surface area contributed by atoms with E-state index < -0.39 is 11.6 Å². The largest absolute Gasteiger partial charge is 0.426 e. The van der Waals surface area contributed by atoms with Crippen LogP contribution in [-0.4, -0.2) is 10.2 Å². The van der Waals surface area contributed by atoms with Gasteiger partial charge in [0.2, 0.25) is 5.82 Å². The van der Waals surface area contributed by atoms with Gasteiger partial charge in [0.25, 0.3) is 5.19 Å². The summed E-state index contributed by atoms with van der Waals surface area (Å²) in [5.41, 5.74) is 0. The van der Waals surface area contributed by atoms with Gasteiger partial charge in [-0.15, -0.1) is 5.10 Å². The van der Waals surface area contributed by atoms with E-state index in [2.05, 4.69) is 42.1 Å². The first-order valence-corrected chi connectivity index (χ1v) is 6.28. The number of rotatable bonds is 2. The second-order valence-corrected chi connectivity index (χ2v) is 5.75. The van der Waals surface area contributed by atoms with Crippen molar-refractivity contribution in [2.24, 2.45) is 0 Å². The number of ether oxygens (including phenoxy) is 1. The maximum atomic E-state index is 13.3. The maximum absolute atomic E-state index is 13.3. The summed E-state index contributed by atoms with van der Waals surface area (Å²) >= 11 is 7.19. The molecule has 0 aliphatic rings. The summed E-state index contributed by atoms with van der Waals surface area (Å²) in [6.45, 7) is 0. The molecule has 8 heteroatoms. The fraction of sp³-hybridized carbons (Fsp3) is 0.